The van der Waals surface area contributed by atoms with Gasteiger partial charge in [-0.2, -0.15) is 0 Å². The van der Waals surface area contributed by atoms with Crippen molar-refractivity contribution in [2.75, 3.05) is 32.9 Å². The molecule has 0 radical (unpaired) electrons. The maximum Gasteiger partial charge on any atom is 0.263 e. The molecule has 1 aromatic rings. The highest BCUT2D eigenvalue weighted by Gasteiger charge is 2.21. The summed E-state index contributed by atoms with van der Waals surface area (Å²) in [5.41, 5.74) is 6.31. The lowest BCUT2D eigenvalue weighted by atomic mass is 9.93. The minimum atomic E-state index is -0.0893. The molecular weight excluding hydrogens is 248 g/mol. The SMILES string of the molecule is Cc1nc(N)sc1C(=O)NCC(C)(C)CN(C)C. The van der Waals surface area contributed by atoms with Crippen molar-refractivity contribution < 1.29 is 4.79 Å². The standard InChI is InChI=1S/C12H22N4OS/c1-8-9(18-11(13)15-8)10(17)14-6-12(2,3)7-16(4)5/h6-7H2,1-5H3,(H2,13,15)(H,14,17). The number of nitrogen functional groups attached to an aromatic ring is 1. The number of aryl methyl sites for hydroxylation is 1. The molecule has 0 bridgehead atoms. The largest absolute Gasteiger partial charge is 0.375 e. The summed E-state index contributed by atoms with van der Waals surface area (Å²) in [5.74, 6) is -0.0893. The Morgan fingerprint density at radius 3 is 2.56 bits per heavy atom. The van der Waals surface area contributed by atoms with Crippen molar-refractivity contribution in [3.63, 3.8) is 0 Å². The highest BCUT2D eigenvalue weighted by Crippen LogP contribution is 2.20. The van der Waals surface area contributed by atoms with Gasteiger partial charge in [0.05, 0.1) is 5.69 Å². The molecule has 0 saturated carbocycles. The third-order valence-electron chi connectivity index (χ3n) is 2.49. The van der Waals surface area contributed by atoms with E-state index in [0.29, 0.717) is 22.2 Å². The molecule has 0 spiro atoms. The van der Waals surface area contributed by atoms with Crippen LogP contribution in [-0.4, -0.2) is 43.0 Å². The van der Waals surface area contributed by atoms with Gasteiger partial charge in [-0.15, -0.1) is 0 Å². The van der Waals surface area contributed by atoms with Crippen molar-refractivity contribution in [3.8, 4) is 0 Å². The monoisotopic (exact) mass is 270 g/mol. The number of carbonyl (C=O) groups excluding carboxylic acids is 1. The number of rotatable bonds is 5. The van der Waals surface area contributed by atoms with Gasteiger partial charge < -0.3 is 16.0 Å². The molecule has 6 heteroatoms. The summed E-state index contributed by atoms with van der Waals surface area (Å²) in [6.45, 7) is 7.59. The van der Waals surface area contributed by atoms with Crippen LogP contribution >= 0.6 is 11.3 Å². The number of nitrogens with one attached hydrogen (secondary N) is 1. The molecule has 0 aliphatic carbocycles. The Balaban J connectivity index is 2.59. The molecule has 1 amide bonds. The molecule has 0 unspecified atom stereocenters. The second-order valence-corrected chi connectivity index (χ2v) is 6.58. The molecule has 0 aliphatic heterocycles. The first kappa shape index (κ1) is 14.9. The smallest absolute Gasteiger partial charge is 0.263 e. The van der Waals surface area contributed by atoms with Crippen LogP contribution in [0.15, 0.2) is 0 Å². The van der Waals surface area contributed by atoms with Crippen molar-refractivity contribution in [1.29, 1.82) is 0 Å². The van der Waals surface area contributed by atoms with Crippen LogP contribution in [0.1, 0.15) is 29.2 Å². The fourth-order valence-corrected chi connectivity index (χ4v) is 2.69. The molecule has 1 heterocycles. The third-order valence-corrected chi connectivity index (χ3v) is 3.48. The minimum absolute atomic E-state index is 0.0310. The normalized spacial score (nSPS) is 11.9. The van der Waals surface area contributed by atoms with Crippen LogP contribution in [0.3, 0.4) is 0 Å². The minimum Gasteiger partial charge on any atom is -0.375 e. The van der Waals surface area contributed by atoms with Crippen molar-refractivity contribution in [2.45, 2.75) is 20.8 Å². The molecule has 3 N–H and O–H groups in total. The summed E-state index contributed by atoms with van der Waals surface area (Å²) in [5, 5.41) is 3.38. The summed E-state index contributed by atoms with van der Waals surface area (Å²) < 4.78 is 0. The molecule has 5 nitrogen and oxygen atoms in total. The first-order valence-corrected chi connectivity index (χ1v) is 6.69. The van der Waals surface area contributed by atoms with Gasteiger partial charge in [0.25, 0.3) is 5.91 Å². The predicted molar refractivity (Wildman–Crippen MR) is 75.9 cm³/mol. The zero-order valence-corrected chi connectivity index (χ0v) is 12.5. The number of nitrogens with two attached hydrogens (primary N) is 1. The number of nitrogens with zero attached hydrogens (tertiary/aromatic N) is 2. The van der Waals surface area contributed by atoms with Gasteiger partial charge in [-0.05, 0) is 26.4 Å². The van der Waals surface area contributed by atoms with Crippen LogP contribution in [0.5, 0.6) is 0 Å². The van der Waals surface area contributed by atoms with E-state index in [0.717, 1.165) is 6.54 Å². The molecule has 1 aromatic heterocycles. The number of aromatic nitrogens is 1. The van der Waals surface area contributed by atoms with E-state index in [1.807, 2.05) is 14.1 Å². The first-order valence-electron chi connectivity index (χ1n) is 5.87. The molecule has 18 heavy (non-hydrogen) atoms. The fraction of sp³-hybridized carbons (Fsp3) is 0.667. The van der Waals surface area contributed by atoms with E-state index in [2.05, 4.69) is 29.0 Å². The van der Waals surface area contributed by atoms with Crippen LogP contribution in [0.4, 0.5) is 5.13 Å². The fourth-order valence-electron chi connectivity index (χ4n) is 1.94. The summed E-state index contributed by atoms with van der Waals surface area (Å²) in [6.07, 6.45) is 0. The topological polar surface area (TPSA) is 71.2 Å². The number of hydrogen-bond donors (Lipinski definition) is 2. The molecule has 0 saturated heterocycles. The Morgan fingerprint density at radius 2 is 2.11 bits per heavy atom. The summed E-state index contributed by atoms with van der Waals surface area (Å²) in [6, 6.07) is 0. The average molecular weight is 270 g/mol. The van der Waals surface area contributed by atoms with Crippen LogP contribution in [-0.2, 0) is 0 Å². The van der Waals surface area contributed by atoms with Crippen molar-refractivity contribution in [3.05, 3.63) is 10.6 Å². The third kappa shape index (κ3) is 4.27. The number of carbonyl (C=O) groups is 1. The lowest BCUT2D eigenvalue weighted by Crippen LogP contribution is -2.39. The molecule has 0 aromatic carbocycles. The highest BCUT2D eigenvalue weighted by molar-refractivity contribution is 7.17. The number of amides is 1. The van der Waals surface area contributed by atoms with Gasteiger partial charge in [0.15, 0.2) is 5.13 Å². The number of thiazole rings is 1. The van der Waals surface area contributed by atoms with Crippen molar-refractivity contribution in [2.24, 2.45) is 5.41 Å². The van der Waals surface area contributed by atoms with E-state index < -0.39 is 0 Å². The number of hydrogen-bond acceptors (Lipinski definition) is 5. The predicted octanol–water partition coefficient (Wildman–Crippen LogP) is 1.35. The zero-order chi connectivity index (χ0) is 13.9. The summed E-state index contributed by atoms with van der Waals surface area (Å²) in [7, 11) is 4.05. The van der Waals surface area contributed by atoms with Crippen LogP contribution in [0, 0.1) is 12.3 Å². The summed E-state index contributed by atoms with van der Waals surface area (Å²) in [4.78, 5) is 18.8. The molecule has 0 aliphatic rings. The number of anilines is 1. The van der Waals surface area contributed by atoms with E-state index in [1.54, 1.807) is 6.92 Å². The van der Waals surface area contributed by atoms with Gasteiger partial charge >= 0.3 is 0 Å². The van der Waals surface area contributed by atoms with E-state index in [1.165, 1.54) is 11.3 Å². The van der Waals surface area contributed by atoms with Crippen LogP contribution in [0.2, 0.25) is 0 Å². The van der Waals surface area contributed by atoms with Crippen LogP contribution in [0.25, 0.3) is 0 Å². The maximum absolute atomic E-state index is 12.0. The molecule has 0 atom stereocenters. The van der Waals surface area contributed by atoms with Crippen molar-refractivity contribution >= 4 is 22.4 Å². The van der Waals surface area contributed by atoms with Gasteiger partial charge in [-0.25, -0.2) is 4.98 Å². The first-order chi connectivity index (χ1) is 8.21. The van der Waals surface area contributed by atoms with Gasteiger partial charge in [0, 0.05) is 13.1 Å². The molecular formula is C12H22N4OS. The maximum atomic E-state index is 12.0. The van der Waals surface area contributed by atoms with Gasteiger partial charge in [-0.3, -0.25) is 4.79 Å². The van der Waals surface area contributed by atoms with Gasteiger partial charge in [-0.1, -0.05) is 25.2 Å². The Morgan fingerprint density at radius 1 is 1.50 bits per heavy atom. The zero-order valence-electron chi connectivity index (χ0n) is 11.7. The summed E-state index contributed by atoms with van der Waals surface area (Å²) >= 11 is 1.23. The Hall–Kier alpha value is -1.14. The molecule has 102 valence electrons. The highest BCUT2D eigenvalue weighted by atomic mass is 32.1. The van der Waals surface area contributed by atoms with Crippen molar-refractivity contribution in [1.82, 2.24) is 15.2 Å². The van der Waals surface area contributed by atoms with E-state index in [4.69, 9.17) is 5.73 Å². The Kier molecular flexibility index (Phi) is 4.70. The van der Waals surface area contributed by atoms with E-state index >= 15 is 0 Å². The lowest BCUT2D eigenvalue weighted by molar-refractivity contribution is 0.0932. The van der Waals surface area contributed by atoms with Gasteiger partial charge in [0.1, 0.15) is 4.88 Å². The quantitative estimate of drug-likeness (QED) is 0.847. The second kappa shape index (κ2) is 5.67. The van der Waals surface area contributed by atoms with E-state index in [9.17, 15) is 4.79 Å². The van der Waals surface area contributed by atoms with Gasteiger partial charge in [0.2, 0.25) is 0 Å². The molecule has 1 rings (SSSR count). The van der Waals surface area contributed by atoms with Crippen LogP contribution < -0.4 is 11.1 Å². The van der Waals surface area contributed by atoms with E-state index in [-0.39, 0.29) is 11.3 Å². The Bertz CT molecular complexity index is 426. The molecule has 0 fully saturated rings. The Labute approximate surface area is 112 Å². The second-order valence-electron chi connectivity index (χ2n) is 5.55. The lowest BCUT2D eigenvalue weighted by Gasteiger charge is -2.28. The average Bonchev–Trinajstić information content (AvgIpc) is 2.52.